The van der Waals surface area contributed by atoms with Gasteiger partial charge in [0.25, 0.3) is 0 Å². The maximum atomic E-state index is 4.41. The van der Waals surface area contributed by atoms with Crippen molar-refractivity contribution in [2.45, 2.75) is 26.4 Å². The SMILES string of the molecule is CCCn1cnnc1Cn1ccnc1-c1cccnc1. The van der Waals surface area contributed by atoms with Crippen molar-refractivity contribution in [3.63, 3.8) is 0 Å². The highest BCUT2D eigenvalue weighted by molar-refractivity contribution is 5.53. The minimum atomic E-state index is 0.657. The van der Waals surface area contributed by atoms with Crippen LogP contribution in [0.25, 0.3) is 11.4 Å². The Kier molecular flexibility index (Phi) is 3.54. The van der Waals surface area contributed by atoms with Gasteiger partial charge in [-0.3, -0.25) is 4.98 Å². The highest BCUT2D eigenvalue weighted by Crippen LogP contribution is 2.16. The monoisotopic (exact) mass is 268 g/mol. The second kappa shape index (κ2) is 5.64. The summed E-state index contributed by atoms with van der Waals surface area (Å²) >= 11 is 0. The molecule has 20 heavy (non-hydrogen) atoms. The van der Waals surface area contributed by atoms with E-state index in [9.17, 15) is 0 Å². The Balaban J connectivity index is 1.89. The maximum absolute atomic E-state index is 4.41. The molecule has 0 aliphatic heterocycles. The molecule has 0 amide bonds. The van der Waals surface area contributed by atoms with E-state index in [1.165, 1.54) is 0 Å². The summed E-state index contributed by atoms with van der Waals surface area (Å²) in [6.07, 6.45) is 10.2. The molecule has 0 aliphatic rings. The van der Waals surface area contributed by atoms with Crippen molar-refractivity contribution in [3.05, 3.63) is 49.1 Å². The normalized spacial score (nSPS) is 10.8. The molecule has 3 heterocycles. The Morgan fingerprint density at radius 2 is 2.15 bits per heavy atom. The van der Waals surface area contributed by atoms with E-state index in [0.717, 1.165) is 30.2 Å². The summed E-state index contributed by atoms with van der Waals surface area (Å²) in [5, 5.41) is 8.18. The molecule has 0 fully saturated rings. The molecule has 0 bridgehead atoms. The fourth-order valence-corrected chi connectivity index (χ4v) is 2.17. The van der Waals surface area contributed by atoms with Crippen LogP contribution in [0.15, 0.2) is 43.2 Å². The van der Waals surface area contributed by atoms with Crippen molar-refractivity contribution >= 4 is 0 Å². The Morgan fingerprint density at radius 1 is 1.20 bits per heavy atom. The van der Waals surface area contributed by atoms with Crippen LogP contribution in [-0.4, -0.2) is 29.3 Å². The lowest BCUT2D eigenvalue weighted by atomic mass is 10.3. The fraction of sp³-hybridized carbons (Fsp3) is 0.286. The molecule has 102 valence electrons. The number of aromatic nitrogens is 6. The maximum Gasteiger partial charge on any atom is 0.152 e. The van der Waals surface area contributed by atoms with Crippen molar-refractivity contribution in [1.29, 1.82) is 0 Å². The lowest BCUT2D eigenvalue weighted by Gasteiger charge is -2.08. The Morgan fingerprint density at radius 3 is 2.95 bits per heavy atom. The second-order valence-corrected chi connectivity index (χ2v) is 4.56. The van der Waals surface area contributed by atoms with E-state index < -0.39 is 0 Å². The van der Waals surface area contributed by atoms with Gasteiger partial charge in [0.05, 0.1) is 6.54 Å². The second-order valence-electron chi connectivity index (χ2n) is 4.56. The smallest absolute Gasteiger partial charge is 0.152 e. The molecule has 6 heteroatoms. The molecule has 0 spiro atoms. The number of pyridine rings is 1. The zero-order chi connectivity index (χ0) is 13.8. The van der Waals surface area contributed by atoms with E-state index in [1.807, 2.05) is 24.5 Å². The van der Waals surface area contributed by atoms with Gasteiger partial charge in [0.15, 0.2) is 5.82 Å². The van der Waals surface area contributed by atoms with Crippen LogP contribution in [0.1, 0.15) is 19.2 Å². The quantitative estimate of drug-likeness (QED) is 0.710. The molecule has 0 saturated heterocycles. The average molecular weight is 268 g/mol. The molecular weight excluding hydrogens is 252 g/mol. The van der Waals surface area contributed by atoms with E-state index in [2.05, 4.69) is 36.2 Å². The molecule has 3 aromatic heterocycles. The van der Waals surface area contributed by atoms with Crippen LogP contribution in [0.2, 0.25) is 0 Å². The first-order valence-electron chi connectivity index (χ1n) is 6.66. The van der Waals surface area contributed by atoms with E-state index in [1.54, 1.807) is 18.7 Å². The molecule has 3 rings (SSSR count). The summed E-state index contributed by atoms with van der Waals surface area (Å²) in [6, 6.07) is 3.91. The molecule has 0 atom stereocenters. The van der Waals surface area contributed by atoms with Crippen molar-refractivity contribution < 1.29 is 0 Å². The molecule has 0 unspecified atom stereocenters. The first-order valence-corrected chi connectivity index (χ1v) is 6.66. The highest BCUT2D eigenvalue weighted by atomic mass is 15.3. The van der Waals surface area contributed by atoms with Crippen molar-refractivity contribution in [2.75, 3.05) is 0 Å². The van der Waals surface area contributed by atoms with Crippen LogP contribution >= 0.6 is 0 Å². The van der Waals surface area contributed by atoms with Gasteiger partial charge in [-0.25, -0.2) is 4.98 Å². The fourth-order valence-electron chi connectivity index (χ4n) is 2.17. The van der Waals surface area contributed by atoms with Gasteiger partial charge in [-0.2, -0.15) is 0 Å². The Labute approximate surface area is 117 Å². The van der Waals surface area contributed by atoms with E-state index >= 15 is 0 Å². The lowest BCUT2D eigenvalue weighted by Crippen LogP contribution is -2.09. The summed E-state index contributed by atoms with van der Waals surface area (Å²) in [6.45, 7) is 3.73. The van der Waals surface area contributed by atoms with Crippen LogP contribution in [0, 0.1) is 0 Å². The van der Waals surface area contributed by atoms with Crippen molar-refractivity contribution in [1.82, 2.24) is 29.3 Å². The van der Waals surface area contributed by atoms with Crippen LogP contribution in [-0.2, 0) is 13.1 Å². The van der Waals surface area contributed by atoms with E-state index in [-0.39, 0.29) is 0 Å². The van der Waals surface area contributed by atoms with Crippen LogP contribution in [0.4, 0.5) is 0 Å². The number of imidazole rings is 1. The zero-order valence-corrected chi connectivity index (χ0v) is 11.3. The van der Waals surface area contributed by atoms with Crippen molar-refractivity contribution in [3.8, 4) is 11.4 Å². The molecule has 6 nitrogen and oxygen atoms in total. The molecule has 0 saturated carbocycles. The zero-order valence-electron chi connectivity index (χ0n) is 11.3. The van der Waals surface area contributed by atoms with Gasteiger partial charge >= 0.3 is 0 Å². The minimum Gasteiger partial charge on any atom is -0.323 e. The first kappa shape index (κ1) is 12.5. The highest BCUT2D eigenvalue weighted by Gasteiger charge is 2.09. The Hall–Kier alpha value is -2.50. The Bertz CT molecular complexity index is 670. The van der Waals surface area contributed by atoms with Gasteiger partial charge in [-0.15, -0.1) is 10.2 Å². The van der Waals surface area contributed by atoms with Gasteiger partial charge in [-0.1, -0.05) is 6.92 Å². The predicted molar refractivity (Wildman–Crippen MR) is 74.9 cm³/mol. The number of hydrogen-bond acceptors (Lipinski definition) is 4. The van der Waals surface area contributed by atoms with Gasteiger partial charge in [-0.05, 0) is 18.6 Å². The average Bonchev–Trinajstić information content (AvgIpc) is 3.11. The van der Waals surface area contributed by atoms with E-state index in [4.69, 9.17) is 0 Å². The van der Waals surface area contributed by atoms with Gasteiger partial charge in [0.1, 0.15) is 12.2 Å². The molecule has 3 aromatic rings. The largest absolute Gasteiger partial charge is 0.323 e. The predicted octanol–water partition coefficient (Wildman–Crippen LogP) is 1.99. The molecule has 0 aromatic carbocycles. The summed E-state index contributed by atoms with van der Waals surface area (Å²) in [4.78, 5) is 8.55. The van der Waals surface area contributed by atoms with Gasteiger partial charge in [0, 0.05) is 36.9 Å². The van der Waals surface area contributed by atoms with Crippen molar-refractivity contribution in [2.24, 2.45) is 0 Å². The number of nitrogens with zero attached hydrogens (tertiary/aromatic N) is 6. The minimum absolute atomic E-state index is 0.657. The third kappa shape index (κ3) is 2.45. The summed E-state index contributed by atoms with van der Waals surface area (Å²) in [5.74, 6) is 1.83. The van der Waals surface area contributed by atoms with Crippen LogP contribution < -0.4 is 0 Å². The molecular formula is C14H16N6. The number of rotatable bonds is 5. The van der Waals surface area contributed by atoms with Gasteiger partial charge < -0.3 is 9.13 Å². The first-order chi connectivity index (χ1) is 9.88. The third-order valence-corrected chi connectivity index (χ3v) is 3.11. The standard InChI is InChI=1S/C14H16N6/c1-2-7-20-11-17-18-13(20)10-19-8-6-16-14(19)12-4-3-5-15-9-12/h3-6,8-9,11H,2,7,10H2,1H3. The summed E-state index contributed by atoms with van der Waals surface area (Å²) in [7, 11) is 0. The van der Waals surface area contributed by atoms with E-state index in [0.29, 0.717) is 6.54 Å². The lowest BCUT2D eigenvalue weighted by molar-refractivity contribution is 0.613. The number of hydrogen-bond donors (Lipinski definition) is 0. The number of aryl methyl sites for hydroxylation is 1. The van der Waals surface area contributed by atoms with Gasteiger partial charge in [0.2, 0.25) is 0 Å². The molecule has 0 aliphatic carbocycles. The summed E-state index contributed by atoms with van der Waals surface area (Å²) in [5.41, 5.74) is 0.999. The summed E-state index contributed by atoms with van der Waals surface area (Å²) < 4.78 is 4.14. The van der Waals surface area contributed by atoms with Crippen LogP contribution in [0.5, 0.6) is 0 Å². The molecule has 0 N–H and O–H groups in total. The third-order valence-electron chi connectivity index (χ3n) is 3.11. The van der Waals surface area contributed by atoms with Crippen LogP contribution in [0.3, 0.4) is 0 Å². The molecule has 0 radical (unpaired) electrons. The topological polar surface area (TPSA) is 61.4 Å².